The molecule has 1 heterocycles. The topological polar surface area (TPSA) is 62.8 Å². The molecular weight excluding hydrogens is 518 g/mol. The first kappa shape index (κ1) is 31.7. The van der Waals surface area contributed by atoms with Crippen LogP contribution in [0.4, 0.5) is 16.2 Å². The molecule has 220 valence electrons. The van der Waals surface area contributed by atoms with Gasteiger partial charge in [0.1, 0.15) is 11.5 Å². The summed E-state index contributed by atoms with van der Waals surface area (Å²) in [6.45, 7) is 5.88. The first-order chi connectivity index (χ1) is 19.6. The maximum Gasteiger partial charge on any atom is 0.323 e. The lowest BCUT2D eigenvalue weighted by Gasteiger charge is -2.16. The Kier molecular flexibility index (Phi) is 14.7. The highest BCUT2D eigenvalue weighted by atomic mass is 32.2. The van der Waals surface area contributed by atoms with E-state index in [4.69, 9.17) is 9.47 Å². The smallest absolute Gasteiger partial charge is 0.323 e. The number of allylic oxidation sites excluding steroid dienone is 1. The minimum absolute atomic E-state index is 0.303. The molecule has 2 amide bonds. The molecule has 0 atom stereocenters. The fourth-order valence-corrected chi connectivity index (χ4v) is 5.56. The summed E-state index contributed by atoms with van der Waals surface area (Å²) in [5, 5.41) is 5.86. The summed E-state index contributed by atoms with van der Waals surface area (Å²) in [5.41, 5.74) is 2.58. The molecule has 7 heteroatoms. The zero-order valence-corrected chi connectivity index (χ0v) is 25.6. The van der Waals surface area contributed by atoms with E-state index in [0.29, 0.717) is 23.8 Å². The summed E-state index contributed by atoms with van der Waals surface area (Å²) in [5.74, 6) is 2.31. The van der Waals surface area contributed by atoms with Crippen LogP contribution in [0.25, 0.3) is 0 Å². The van der Waals surface area contributed by atoms with Crippen molar-refractivity contribution in [2.45, 2.75) is 97.4 Å². The van der Waals surface area contributed by atoms with Crippen LogP contribution >= 0.6 is 11.8 Å². The van der Waals surface area contributed by atoms with Gasteiger partial charge in [-0.15, -0.1) is 11.8 Å². The Bertz CT molecular complexity index is 1040. The van der Waals surface area contributed by atoms with Crippen LogP contribution < -0.4 is 20.1 Å². The van der Waals surface area contributed by atoms with Gasteiger partial charge in [-0.25, -0.2) is 4.79 Å². The van der Waals surface area contributed by atoms with Crippen LogP contribution in [0.2, 0.25) is 0 Å². The summed E-state index contributed by atoms with van der Waals surface area (Å²) in [6, 6.07) is 13.2. The molecule has 40 heavy (non-hydrogen) atoms. The number of carbonyl (C=O) groups is 1. The molecule has 2 aromatic carbocycles. The molecule has 0 aromatic heterocycles. The Labute approximate surface area is 246 Å². The number of hydrogen-bond donors (Lipinski definition) is 2. The van der Waals surface area contributed by atoms with Crippen LogP contribution in [-0.4, -0.2) is 30.5 Å². The number of methoxy groups -OCH3 is 1. The maximum atomic E-state index is 12.7. The van der Waals surface area contributed by atoms with Crippen molar-refractivity contribution in [1.29, 1.82) is 0 Å². The van der Waals surface area contributed by atoms with Crippen molar-refractivity contribution in [3.05, 3.63) is 59.1 Å². The summed E-state index contributed by atoms with van der Waals surface area (Å²) < 4.78 is 11.5. The van der Waals surface area contributed by atoms with Crippen molar-refractivity contribution >= 4 is 29.2 Å². The Hall–Kier alpha value is -2.80. The molecule has 0 bridgehead atoms. The molecule has 0 saturated carbocycles. The molecular formula is C33H49N3O3S. The van der Waals surface area contributed by atoms with Gasteiger partial charge in [-0.3, -0.25) is 0 Å². The van der Waals surface area contributed by atoms with Crippen molar-refractivity contribution in [3.8, 4) is 11.5 Å². The van der Waals surface area contributed by atoms with Gasteiger partial charge >= 0.3 is 6.03 Å². The van der Waals surface area contributed by atoms with E-state index in [1.54, 1.807) is 7.11 Å². The van der Waals surface area contributed by atoms with Gasteiger partial charge in [0.15, 0.2) is 0 Å². The lowest BCUT2D eigenvalue weighted by Crippen LogP contribution is -2.20. The summed E-state index contributed by atoms with van der Waals surface area (Å²) >= 11 is 1.86. The third-order valence-corrected chi connectivity index (χ3v) is 8.13. The van der Waals surface area contributed by atoms with Crippen LogP contribution in [0.15, 0.2) is 53.6 Å². The summed E-state index contributed by atoms with van der Waals surface area (Å²) in [4.78, 5) is 16.4. The number of amides is 2. The molecule has 0 radical (unpaired) electrons. The molecule has 6 nitrogen and oxygen atoms in total. The fraction of sp³-hybridized carbons (Fsp3) is 0.545. The van der Waals surface area contributed by atoms with E-state index in [0.717, 1.165) is 31.0 Å². The first-order valence-corrected chi connectivity index (χ1v) is 16.1. The Morgan fingerprint density at radius 2 is 1.52 bits per heavy atom. The average molecular weight is 568 g/mol. The quantitative estimate of drug-likeness (QED) is 0.165. The van der Waals surface area contributed by atoms with Crippen LogP contribution in [0, 0.1) is 0 Å². The van der Waals surface area contributed by atoms with Gasteiger partial charge in [0.25, 0.3) is 0 Å². The minimum Gasteiger partial charge on any atom is -0.497 e. The van der Waals surface area contributed by atoms with Gasteiger partial charge < -0.3 is 25.0 Å². The summed E-state index contributed by atoms with van der Waals surface area (Å²) in [6.07, 6.45) is 17.9. The molecule has 0 saturated heterocycles. The van der Waals surface area contributed by atoms with Crippen molar-refractivity contribution < 1.29 is 14.3 Å². The monoisotopic (exact) mass is 567 g/mol. The van der Waals surface area contributed by atoms with E-state index in [-0.39, 0.29) is 6.03 Å². The standard InChI is InChI=1S/C33H49N3O3S/c1-4-5-6-7-8-9-10-11-12-13-14-15-22-39-32-23-30(38-3)20-21-31(32)35-33(37)34-29-18-16-28(17-19-29)25-36-24-27(2)40-26-36/h16-21,23-24H,4-15,22,25-26H2,1-3H3,(H2,34,35,37). The van der Waals surface area contributed by atoms with Crippen LogP contribution in [0.1, 0.15) is 96.5 Å². The second kappa shape index (κ2) is 18.5. The van der Waals surface area contributed by atoms with Gasteiger partial charge in [-0.1, -0.05) is 89.7 Å². The number of rotatable bonds is 19. The number of benzene rings is 2. The Balaban J connectivity index is 1.36. The number of urea groups is 1. The third kappa shape index (κ3) is 12.2. The van der Waals surface area contributed by atoms with E-state index in [2.05, 4.69) is 47.7 Å². The highest BCUT2D eigenvalue weighted by Crippen LogP contribution is 2.30. The van der Waals surface area contributed by atoms with Crippen LogP contribution in [-0.2, 0) is 6.54 Å². The predicted molar refractivity (Wildman–Crippen MR) is 170 cm³/mol. The molecule has 0 aliphatic carbocycles. The highest BCUT2D eigenvalue weighted by molar-refractivity contribution is 8.03. The van der Waals surface area contributed by atoms with Gasteiger partial charge in [0.2, 0.25) is 0 Å². The van der Waals surface area contributed by atoms with Crippen LogP contribution in [0.3, 0.4) is 0 Å². The second-order valence-electron chi connectivity index (χ2n) is 10.6. The van der Waals surface area contributed by atoms with E-state index < -0.39 is 0 Å². The number of thioether (sulfide) groups is 1. The number of nitrogens with one attached hydrogen (secondary N) is 2. The SMILES string of the molecule is CCCCCCCCCCCCCCOc1cc(OC)ccc1NC(=O)Nc1ccc(CN2C=C(C)SC2)cc1. The van der Waals surface area contributed by atoms with E-state index in [1.807, 2.05) is 42.1 Å². The van der Waals surface area contributed by atoms with Gasteiger partial charge in [0.05, 0.1) is 25.3 Å². The highest BCUT2D eigenvalue weighted by Gasteiger charge is 2.12. The zero-order chi connectivity index (χ0) is 28.4. The second-order valence-corrected chi connectivity index (χ2v) is 11.8. The zero-order valence-electron chi connectivity index (χ0n) is 24.8. The molecule has 2 aromatic rings. The Morgan fingerprint density at radius 1 is 0.875 bits per heavy atom. The Morgan fingerprint density at radius 3 is 2.12 bits per heavy atom. The molecule has 1 aliphatic rings. The van der Waals surface area contributed by atoms with Crippen molar-refractivity contribution in [2.75, 3.05) is 30.2 Å². The number of carbonyl (C=O) groups excluding carboxylic acids is 1. The molecule has 2 N–H and O–H groups in total. The number of nitrogens with zero attached hydrogens (tertiary/aromatic N) is 1. The number of anilines is 2. The first-order valence-electron chi connectivity index (χ1n) is 15.1. The molecule has 3 rings (SSSR count). The van der Waals surface area contributed by atoms with Crippen LogP contribution in [0.5, 0.6) is 11.5 Å². The van der Waals surface area contributed by atoms with E-state index >= 15 is 0 Å². The normalized spacial score (nSPS) is 12.8. The van der Waals surface area contributed by atoms with Gasteiger partial charge in [-0.2, -0.15) is 0 Å². The predicted octanol–water partition coefficient (Wildman–Crippen LogP) is 9.79. The van der Waals surface area contributed by atoms with Crippen molar-refractivity contribution in [2.24, 2.45) is 0 Å². The molecule has 1 aliphatic heterocycles. The van der Waals surface area contributed by atoms with Crippen molar-refractivity contribution in [3.63, 3.8) is 0 Å². The number of ether oxygens (including phenoxy) is 2. The largest absolute Gasteiger partial charge is 0.497 e. The lowest BCUT2D eigenvalue weighted by molar-refractivity contribution is 0.261. The summed E-state index contributed by atoms with van der Waals surface area (Å²) in [7, 11) is 1.63. The van der Waals surface area contributed by atoms with Gasteiger partial charge in [-0.05, 0) is 48.1 Å². The fourth-order valence-electron chi connectivity index (χ4n) is 4.80. The lowest BCUT2D eigenvalue weighted by atomic mass is 10.1. The number of unbranched alkanes of at least 4 members (excludes halogenated alkanes) is 11. The van der Waals surface area contributed by atoms with Crippen molar-refractivity contribution in [1.82, 2.24) is 4.90 Å². The molecule has 0 unspecified atom stereocenters. The number of hydrogen-bond acceptors (Lipinski definition) is 5. The molecule has 0 spiro atoms. The van der Waals surface area contributed by atoms with E-state index in [1.165, 1.54) is 74.7 Å². The maximum absolute atomic E-state index is 12.7. The third-order valence-electron chi connectivity index (χ3n) is 7.11. The average Bonchev–Trinajstić information content (AvgIpc) is 3.37. The van der Waals surface area contributed by atoms with Gasteiger partial charge in [0, 0.05) is 24.5 Å². The molecule has 0 fully saturated rings. The van der Waals surface area contributed by atoms with E-state index in [9.17, 15) is 4.79 Å². The minimum atomic E-state index is -0.303.